The van der Waals surface area contributed by atoms with E-state index in [4.69, 9.17) is 5.11 Å². The van der Waals surface area contributed by atoms with Crippen molar-refractivity contribution < 1.29 is 19.5 Å². The molecular formula is C13H17N3O4S. The van der Waals surface area contributed by atoms with Crippen LogP contribution in [0, 0.1) is 0 Å². The van der Waals surface area contributed by atoms with Crippen molar-refractivity contribution in [3.05, 3.63) is 22.4 Å². The van der Waals surface area contributed by atoms with Gasteiger partial charge in [0.2, 0.25) is 5.91 Å². The van der Waals surface area contributed by atoms with Crippen molar-refractivity contribution in [3.8, 4) is 0 Å². The Hall–Kier alpha value is -2.09. The summed E-state index contributed by atoms with van der Waals surface area (Å²) in [5.41, 5.74) is 0. The van der Waals surface area contributed by atoms with Crippen LogP contribution in [0.5, 0.6) is 0 Å². The van der Waals surface area contributed by atoms with Crippen molar-refractivity contribution in [1.29, 1.82) is 0 Å². The molecule has 1 aromatic rings. The Balaban J connectivity index is 1.96. The van der Waals surface area contributed by atoms with Crippen LogP contribution in [0.3, 0.4) is 0 Å². The first-order valence-electron chi connectivity index (χ1n) is 6.67. The summed E-state index contributed by atoms with van der Waals surface area (Å²) in [6.07, 6.45) is 0.375. The van der Waals surface area contributed by atoms with Gasteiger partial charge in [0, 0.05) is 30.9 Å². The van der Waals surface area contributed by atoms with E-state index in [0.717, 1.165) is 4.88 Å². The van der Waals surface area contributed by atoms with Crippen molar-refractivity contribution in [1.82, 2.24) is 15.5 Å². The number of piperazine rings is 1. The van der Waals surface area contributed by atoms with Crippen LogP contribution in [0.25, 0.3) is 0 Å². The molecule has 2 heterocycles. The number of urea groups is 1. The summed E-state index contributed by atoms with van der Waals surface area (Å²) in [7, 11) is 0. The van der Waals surface area contributed by atoms with Gasteiger partial charge in [-0.25, -0.2) is 4.79 Å². The number of amides is 3. The second-order valence-electron chi connectivity index (χ2n) is 4.63. The lowest BCUT2D eigenvalue weighted by molar-refractivity contribution is -0.137. The molecule has 114 valence electrons. The minimum absolute atomic E-state index is 0.00905. The largest absolute Gasteiger partial charge is 0.481 e. The van der Waals surface area contributed by atoms with Crippen LogP contribution in [0.2, 0.25) is 0 Å². The highest BCUT2D eigenvalue weighted by atomic mass is 32.1. The molecule has 1 atom stereocenters. The Kier molecular flexibility index (Phi) is 5.15. The van der Waals surface area contributed by atoms with Gasteiger partial charge in [-0.2, -0.15) is 0 Å². The van der Waals surface area contributed by atoms with Gasteiger partial charge in [-0.05, 0) is 17.9 Å². The number of thiophene rings is 1. The zero-order chi connectivity index (χ0) is 15.2. The summed E-state index contributed by atoms with van der Waals surface area (Å²) in [4.78, 5) is 36.9. The molecule has 2 rings (SSSR count). The van der Waals surface area contributed by atoms with Gasteiger partial charge in [0.1, 0.15) is 6.04 Å². The first-order valence-corrected chi connectivity index (χ1v) is 7.55. The third kappa shape index (κ3) is 3.94. The lowest BCUT2D eigenvalue weighted by atomic mass is 10.1. The van der Waals surface area contributed by atoms with Gasteiger partial charge in [0.25, 0.3) is 0 Å². The van der Waals surface area contributed by atoms with Crippen molar-refractivity contribution in [3.63, 3.8) is 0 Å². The Morgan fingerprint density at radius 1 is 1.52 bits per heavy atom. The van der Waals surface area contributed by atoms with E-state index in [0.29, 0.717) is 19.5 Å². The third-order valence-corrected chi connectivity index (χ3v) is 4.05. The van der Waals surface area contributed by atoms with Gasteiger partial charge in [0.05, 0.1) is 0 Å². The predicted octanol–water partition coefficient (Wildman–Crippen LogP) is 0.795. The first kappa shape index (κ1) is 15.3. The summed E-state index contributed by atoms with van der Waals surface area (Å²) < 4.78 is 0. The maximum absolute atomic E-state index is 12.2. The quantitative estimate of drug-likeness (QED) is 0.700. The van der Waals surface area contributed by atoms with E-state index >= 15 is 0 Å². The average molecular weight is 311 g/mol. The summed E-state index contributed by atoms with van der Waals surface area (Å²) in [5.74, 6) is -1.08. The molecule has 0 radical (unpaired) electrons. The highest BCUT2D eigenvalue weighted by Gasteiger charge is 2.34. The van der Waals surface area contributed by atoms with E-state index in [2.05, 4.69) is 10.6 Å². The molecule has 1 aliphatic heterocycles. The maximum Gasteiger partial charge on any atom is 0.318 e. The standard InChI is InChI=1S/C13H17N3O4S/c17-10(18)4-1-5-15-13(20)16-7-6-14-12(19)11(16)9-3-2-8-21-9/h2-3,8,11H,1,4-7H2,(H,14,19)(H,15,20)(H,17,18). The van der Waals surface area contributed by atoms with Crippen LogP contribution >= 0.6 is 11.3 Å². The molecule has 1 aromatic heterocycles. The number of aliphatic carboxylic acids is 1. The van der Waals surface area contributed by atoms with Gasteiger partial charge in [-0.1, -0.05) is 6.07 Å². The van der Waals surface area contributed by atoms with Crippen molar-refractivity contribution >= 4 is 29.2 Å². The number of carboxylic acids is 1. The van der Waals surface area contributed by atoms with Crippen LogP contribution in [0.15, 0.2) is 17.5 Å². The molecule has 1 fully saturated rings. The average Bonchev–Trinajstić information content (AvgIpc) is 2.96. The molecule has 0 aromatic carbocycles. The molecular weight excluding hydrogens is 294 g/mol. The molecule has 0 saturated carbocycles. The molecule has 1 unspecified atom stereocenters. The van der Waals surface area contributed by atoms with Crippen LogP contribution in [-0.2, 0) is 9.59 Å². The minimum atomic E-state index is -0.891. The molecule has 0 spiro atoms. The smallest absolute Gasteiger partial charge is 0.318 e. The summed E-state index contributed by atoms with van der Waals surface area (Å²) in [6, 6.07) is 2.71. The predicted molar refractivity (Wildman–Crippen MR) is 77.0 cm³/mol. The number of rotatable bonds is 5. The van der Waals surface area contributed by atoms with Crippen molar-refractivity contribution in [2.75, 3.05) is 19.6 Å². The highest BCUT2D eigenvalue weighted by molar-refractivity contribution is 7.10. The molecule has 7 nitrogen and oxygen atoms in total. The summed E-state index contributed by atoms with van der Waals surface area (Å²) in [5, 5.41) is 15.8. The highest BCUT2D eigenvalue weighted by Crippen LogP contribution is 2.27. The van der Waals surface area contributed by atoms with Gasteiger partial charge in [-0.3, -0.25) is 9.59 Å². The SMILES string of the molecule is O=C(O)CCCNC(=O)N1CCNC(=O)C1c1cccs1. The molecule has 1 saturated heterocycles. The minimum Gasteiger partial charge on any atom is -0.481 e. The normalized spacial score (nSPS) is 18.2. The van der Waals surface area contributed by atoms with Crippen LogP contribution < -0.4 is 10.6 Å². The molecule has 0 bridgehead atoms. The molecule has 3 N–H and O–H groups in total. The maximum atomic E-state index is 12.2. The number of nitrogens with zero attached hydrogens (tertiary/aromatic N) is 1. The molecule has 21 heavy (non-hydrogen) atoms. The Morgan fingerprint density at radius 3 is 3.00 bits per heavy atom. The number of hydrogen-bond donors (Lipinski definition) is 3. The number of carboxylic acid groups (broad SMARTS) is 1. The monoisotopic (exact) mass is 311 g/mol. The van der Waals surface area contributed by atoms with E-state index in [1.165, 1.54) is 16.2 Å². The fraction of sp³-hybridized carbons (Fsp3) is 0.462. The van der Waals surface area contributed by atoms with Crippen molar-refractivity contribution in [2.45, 2.75) is 18.9 Å². The van der Waals surface area contributed by atoms with Gasteiger partial charge in [0.15, 0.2) is 0 Å². The van der Waals surface area contributed by atoms with E-state index < -0.39 is 12.0 Å². The Morgan fingerprint density at radius 2 is 2.33 bits per heavy atom. The van der Waals surface area contributed by atoms with Crippen LogP contribution in [-0.4, -0.2) is 47.5 Å². The first-order chi connectivity index (χ1) is 10.1. The molecule has 3 amide bonds. The van der Waals surface area contributed by atoms with Gasteiger partial charge in [-0.15, -0.1) is 11.3 Å². The molecule has 0 aliphatic carbocycles. The lowest BCUT2D eigenvalue weighted by Gasteiger charge is -2.34. The van der Waals surface area contributed by atoms with Gasteiger partial charge >= 0.3 is 12.0 Å². The van der Waals surface area contributed by atoms with E-state index in [-0.39, 0.29) is 24.9 Å². The van der Waals surface area contributed by atoms with Crippen LogP contribution in [0.1, 0.15) is 23.8 Å². The Bertz CT molecular complexity index is 517. The van der Waals surface area contributed by atoms with E-state index in [1.54, 1.807) is 0 Å². The van der Waals surface area contributed by atoms with Gasteiger partial charge < -0.3 is 20.6 Å². The summed E-state index contributed by atoms with van der Waals surface area (Å²) >= 11 is 1.43. The molecule has 1 aliphatic rings. The molecule has 8 heteroatoms. The lowest BCUT2D eigenvalue weighted by Crippen LogP contribution is -2.54. The number of carbonyl (C=O) groups is 3. The number of hydrogen-bond acceptors (Lipinski definition) is 4. The fourth-order valence-corrected chi connectivity index (χ4v) is 2.99. The van der Waals surface area contributed by atoms with E-state index in [9.17, 15) is 14.4 Å². The zero-order valence-electron chi connectivity index (χ0n) is 11.4. The second kappa shape index (κ2) is 7.07. The second-order valence-corrected chi connectivity index (χ2v) is 5.61. The Labute approximate surface area is 125 Å². The van der Waals surface area contributed by atoms with Crippen molar-refractivity contribution in [2.24, 2.45) is 0 Å². The van der Waals surface area contributed by atoms with E-state index in [1.807, 2.05) is 17.5 Å². The number of carbonyl (C=O) groups excluding carboxylic acids is 2. The zero-order valence-corrected chi connectivity index (χ0v) is 12.2. The summed E-state index contributed by atoms with van der Waals surface area (Å²) in [6.45, 7) is 1.13. The third-order valence-electron chi connectivity index (χ3n) is 3.13. The number of nitrogens with one attached hydrogen (secondary N) is 2. The van der Waals surface area contributed by atoms with Crippen LogP contribution in [0.4, 0.5) is 4.79 Å². The fourth-order valence-electron chi connectivity index (χ4n) is 2.15. The topological polar surface area (TPSA) is 98.7 Å².